The molecule has 24 N–H and O–H groups in total. The van der Waals surface area contributed by atoms with Crippen LogP contribution < -0.4 is 122 Å². The minimum Gasteiger partial charge on any atom is -1.00 e. The predicted molar refractivity (Wildman–Crippen MR) is 472 cm³/mol. The Hall–Kier alpha value is -11.7. The van der Waals surface area contributed by atoms with Crippen LogP contribution in [0, 0.1) is 11.8 Å². The van der Waals surface area contributed by atoms with Crippen LogP contribution in [0.15, 0.2) is 132 Å². The molecule has 0 aliphatic heterocycles. The third-order valence-corrected chi connectivity index (χ3v) is 17.9. The summed E-state index contributed by atoms with van der Waals surface area (Å²) in [4.78, 5) is 192. The number of benzene rings is 4. The number of halogens is 2. The molecule has 42 nitrogen and oxygen atoms in total. The molecule has 0 unspecified atom stereocenters. The van der Waals surface area contributed by atoms with E-state index in [-0.39, 0.29) is 141 Å². The minimum absolute atomic E-state index is 0. The molecule has 0 aromatic heterocycles. The standard InChI is InChI=1S/C43H54N8O10.C37H64N14O8.C5H14N2.2ClH/c1-29(2)23-34(41(56)49-35(24-31-13-7-4-8-14-31)40(55)45-19-21-59-22-20-46-51-44)48-43(58)37(26-39(54)61-28-33-17-11-6-12-18-33)50-42(57)36(47-30(3)52)25-38(53)60-27-32-15-9-5-10-16-32;1-25(2)21-28(35(56)49-29(22-27-7-5-4-6-8-27)34(55)45-17-19-59-20-18-46-51-40)48-37(58)31(24-33(54)44-16-14-42-12-10-39)50-36(57)30(47-26(3)52)23-32(53)43-15-13-41-11-9-38;6-4-2-1-3-5-7;;/h4-18,29,34-37H,19-28H2,1-3H3,(H,45,55)(H,47,52)(H,48,58)(H,49,56)(H,50,57);4-8,25,28-31,41-42H,9-24,38-39H2,1-3H3,(H,43,53)(H,44,54)(H,45,55)(H,47,52)(H,48,58)(H,49,56)(H,50,57);1-7H2;2*1H/t34-,35+,36-,37+;28-,29+,30-,31+;;;/m11.../s1. The second kappa shape index (κ2) is 73.3. The highest BCUT2D eigenvalue weighted by Crippen LogP contribution is 2.14. The van der Waals surface area contributed by atoms with Gasteiger partial charge in [0.15, 0.2) is 0 Å². The van der Waals surface area contributed by atoms with Gasteiger partial charge in [0.1, 0.15) is 61.5 Å². The van der Waals surface area contributed by atoms with Crippen LogP contribution in [0.3, 0.4) is 0 Å². The Labute approximate surface area is 765 Å². The fourth-order valence-electron chi connectivity index (χ4n) is 11.7. The van der Waals surface area contributed by atoms with Crippen LogP contribution in [0.2, 0.25) is 0 Å². The highest BCUT2D eigenvalue weighted by atomic mass is 35.5. The summed E-state index contributed by atoms with van der Waals surface area (Å²) in [5.41, 5.74) is 37.6. The molecule has 44 heteroatoms. The maximum absolute atomic E-state index is 14.1. The number of nitrogens with one attached hydrogen (secondary N) is 14. The molecule has 0 bridgehead atoms. The molecule has 4 aromatic carbocycles. The first-order chi connectivity index (χ1) is 61.1. The SMILES string of the molecule is CC(=O)N[C@H](CC(=O)NCCNCC[NH3+])C(=O)N[C@@H](CC(=O)NCCNCC[NH3+])C(=O)N[C@H](CC(C)C)C(=O)N[C@@H](Cc1ccccc1)C(=O)NCCOCCN=[N+]=[N-].CC(=O)N[C@H](CC(=O)OCc1ccccc1)C(=O)N[C@@H](CC(=O)OCc1ccccc1)C(=O)N[C@H](CC(C)C)C(=O)N[C@@H](Cc1ccccc1)C(=O)NCCOCCN=[N+]=[N-].NCCCCCN.[Cl-].[Cl-]. The summed E-state index contributed by atoms with van der Waals surface area (Å²) in [7, 11) is 0. The van der Waals surface area contributed by atoms with E-state index >= 15 is 0 Å². The van der Waals surface area contributed by atoms with Gasteiger partial charge in [-0.2, -0.15) is 0 Å². The van der Waals surface area contributed by atoms with Crippen molar-refractivity contribution in [1.29, 1.82) is 0 Å². The molecule has 0 saturated heterocycles. The summed E-state index contributed by atoms with van der Waals surface area (Å²) in [6.45, 7) is 15.9. The molecule has 8 atom stereocenters. The van der Waals surface area contributed by atoms with Crippen LogP contribution in [0.4, 0.5) is 0 Å². The second-order valence-electron chi connectivity index (χ2n) is 29.9. The lowest BCUT2D eigenvalue weighted by molar-refractivity contribution is -0.365. The largest absolute Gasteiger partial charge is 1.00 e. The van der Waals surface area contributed by atoms with Crippen LogP contribution in [0.25, 0.3) is 20.9 Å². The highest BCUT2D eigenvalue weighted by molar-refractivity contribution is 6.00. The van der Waals surface area contributed by atoms with E-state index in [1.165, 1.54) is 13.3 Å². The quantitative estimate of drug-likeness (QED) is 0.00642. The number of unbranched alkanes of at least 4 members (excludes halogenated alkanes) is 2. The Kier molecular flexibility index (Phi) is 66.6. The number of nitrogens with two attached hydrogens (primary N) is 2. The van der Waals surface area contributed by atoms with Crippen LogP contribution in [0.5, 0.6) is 0 Å². The molecule has 0 spiro atoms. The molecule has 716 valence electrons. The van der Waals surface area contributed by atoms with Gasteiger partial charge in [0.05, 0.1) is 65.2 Å². The van der Waals surface area contributed by atoms with Gasteiger partial charge >= 0.3 is 11.9 Å². The van der Waals surface area contributed by atoms with Gasteiger partial charge in [0, 0.05) is 102 Å². The zero-order valence-corrected chi connectivity index (χ0v) is 76.1. The van der Waals surface area contributed by atoms with Gasteiger partial charge in [-0.05, 0) is 83.9 Å². The monoisotopic (exact) mass is 1850 g/mol. The molecular formula is C85H134Cl2N24O18. The van der Waals surface area contributed by atoms with E-state index in [0.717, 1.165) is 44.0 Å². The minimum atomic E-state index is -1.64. The number of hydrogen-bond donors (Lipinski definition) is 18. The van der Waals surface area contributed by atoms with Crippen LogP contribution >= 0.6 is 0 Å². The molecule has 129 heavy (non-hydrogen) atoms. The number of carbonyl (C=O) groups is 14. The summed E-state index contributed by atoms with van der Waals surface area (Å²) >= 11 is 0. The third kappa shape index (κ3) is 57.7. The predicted octanol–water partition coefficient (Wildman–Crippen LogP) is -7.62. The molecule has 12 amide bonds. The van der Waals surface area contributed by atoms with Crippen molar-refractivity contribution < 1.29 is 122 Å². The number of rotatable bonds is 62. The summed E-state index contributed by atoms with van der Waals surface area (Å²) in [6, 6.07) is 24.9. The van der Waals surface area contributed by atoms with Crippen molar-refractivity contribution in [1.82, 2.24) is 74.4 Å². The summed E-state index contributed by atoms with van der Waals surface area (Å²) in [5, 5.41) is 44.4. The van der Waals surface area contributed by atoms with Gasteiger partial charge in [0.25, 0.3) is 0 Å². The van der Waals surface area contributed by atoms with Crippen LogP contribution in [0.1, 0.15) is 122 Å². The molecular weight excluding hydrogens is 1720 g/mol. The van der Waals surface area contributed by atoms with E-state index in [1.807, 2.05) is 39.8 Å². The van der Waals surface area contributed by atoms with Crippen molar-refractivity contribution in [3.05, 3.63) is 164 Å². The first-order valence-electron chi connectivity index (χ1n) is 42.6. The highest BCUT2D eigenvalue weighted by Gasteiger charge is 2.37. The van der Waals surface area contributed by atoms with Gasteiger partial charge in [-0.15, -0.1) is 0 Å². The van der Waals surface area contributed by atoms with Crippen molar-refractivity contribution >= 4 is 82.8 Å². The third-order valence-electron chi connectivity index (χ3n) is 17.9. The van der Waals surface area contributed by atoms with Crippen molar-refractivity contribution in [3.8, 4) is 0 Å². The number of ether oxygens (including phenoxy) is 4. The van der Waals surface area contributed by atoms with Crippen LogP contribution in [-0.2, 0) is 112 Å². The maximum Gasteiger partial charge on any atom is 0.308 e. The number of azide groups is 2. The number of carbonyl (C=O) groups excluding carboxylic acids is 14. The average Bonchev–Trinajstić information content (AvgIpc) is 0.858. The van der Waals surface area contributed by atoms with E-state index in [4.69, 9.17) is 41.5 Å². The first-order valence-corrected chi connectivity index (χ1v) is 42.6. The first kappa shape index (κ1) is 117. The van der Waals surface area contributed by atoms with Gasteiger partial charge in [-0.25, -0.2) is 0 Å². The number of hydrogen-bond acceptors (Lipinski definition) is 24. The Balaban J connectivity index is 0.00000233. The van der Waals surface area contributed by atoms with Crippen molar-refractivity contribution in [2.45, 2.75) is 174 Å². The fraction of sp³-hybridized carbons (Fsp3) is 0.553. The van der Waals surface area contributed by atoms with E-state index < -0.39 is 157 Å². The lowest BCUT2D eigenvalue weighted by atomic mass is 10.0. The molecule has 0 aliphatic rings. The molecule has 4 aromatic rings. The Morgan fingerprint density at radius 2 is 0.667 bits per heavy atom. The second-order valence-corrected chi connectivity index (χ2v) is 29.9. The van der Waals surface area contributed by atoms with E-state index in [2.05, 4.69) is 106 Å². The zero-order valence-electron chi connectivity index (χ0n) is 74.6. The number of esters is 2. The molecule has 0 saturated carbocycles. The summed E-state index contributed by atoms with van der Waals surface area (Å²) in [5.74, 6) is -10.5. The summed E-state index contributed by atoms with van der Waals surface area (Å²) < 4.78 is 21.4. The molecule has 0 radical (unpaired) electrons. The van der Waals surface area contributed by atoms with E-state index in [9.17, 15) is 67.1 Å². The Morgan fingerprint density at radius 1 is 0.364 bits per heavy atom. The van der Waals surface area contributed by atoms with Crippen LogP contribution in [-0.4, -0.2) is 249 Å². The number of quaternary nitrogens is 2. The van der Waals surface area contributed by atoms with Crippen molar-refractivity contribution in [3.63, 3.8) is 0 Å². The lowest BCUT2D eigenvalue weighted by Crippen LogP contribution is -3.00. The van der Waals surface area contributed by atoms with E-state index in [0.29, 0.717) is 50.4 Å². The average molecular weight is 1850 g/mol. The molecule has 0 heterocycles. The molecule has 0 aliphatic carbocycles. The van der Waals surface area contributed by atoms with Gasteiger partial charge in [-0.1, -0.05) is 166 Å². The summed E-state index contributed by atoms with van der Waals surface area (Å²) in [6.07, 6.45) is 1.59. The fourth-order valence-corrected chi connectivity index (χ4v) is 11.7. The normalized spacial score (nSPS) is 12.3. The van der Waals surface area contributed by atoms with Crippen molar-refractivity contribution in [2.24, 2.45) is 33.5 Å². The van der Waals surface area contributed by atoms with Gasteiger partial charge < -0.3 is 141 Å². The number of amides is 12. The Bertz CT molecular complexity index is 4030. The van der Waals surface area contributed by atoms with Crippen molar-refractivity contribution in [2.75, 3.05) is 118 Å². The topological polar surface area (TPSA) is 649 Å². The number of nitrogens with zero attached hydrogens (tertiary/aromatic N) is 6. The van der Waals surface area contributed by atoms with E-state index in [1.54, 1.807) is 109 Å². The zero-order chi connectivity index (χ0) is 93.8. The van der Waals surface area contributed by atoms with Gasteiger partial charge in [0.2, 0.25) is 70.9 Å². The van der Waals surface area contributed by atoms with Gasteiger partial charge in [-0.3, -0.25) is 67.1 Å². The molecule has 4 rings (SSSR count). The smallest absolute Gasteiger partial charge is 0.308 e. The Morgan fingerprint density at radius 3 is 0.984 bits per heavy atom. The maximum atomic E-state index is 14.1. The lowest BCUT2D eigenvalue weighted by Gasteiger charge is -2.27. The molecule has 0 fully saturated rings.